The van der Waals surface area contributed by atoms with Crippen molar-refractivity contribution in [3.63, 3.8) is 0 Å². The van der Waals surface area contributed by atoms with E-state index in [1.54, 1.807) is 36.4 Å². The summed E-state index contributed by atoms with van der Waals surface area (Å²) in [6, 6.07) is 12.4. The maximum atomic E-state index is 12.7. The Morgan fingerprint density at radius 3 is 2.28 bits per heavy atom. The maximum Gasteiger partial charge on any atom is 0.269 e. The van der Waals surface area contributed by atoms with E-state index in [9.17, 15) is 9.59 Å². The van der Waals surface area contributed by atoms with Crippen molar-refractivity contribution in [1.82, 2.24) is 20.2 Å². The first-order valence-corrected chi connectivity index (χ1v) is 11.5. The number of nitrogens with one attached hydrogen (secondary N) is 2. The third-order valence-electron chi connectivity index (χ3n) is 6.23. The fraction of sp³-hybridized carbons (Fsp3) is 0.423. The van der Waals surface area contributed by atoms with Crippen molar-refractivity contribution in [3.05, 3.63) is 71.2 Å². The number of aromatic nitrogens is 2. The molecule has 0 radical (unpaired) electrons. The summed E-state index contributed by atoms with van der Waals surface area (Å²) >= 11 is 0. The van der Waals surface area contributed by atoms with E-state index < -0.39 is 0 Å². The number of carbonyl (C=O) groups excluding carboxylic acids is 2. The molecule has 1 saturated carbocycles. The summed E-state index contributed by atoms with van der Waals surface area (Å²) in [7, 11) is 0. The molecule has 2 N–H and O–H groups in total. The van der Waals surface area contributed by atoms with E-state index in [0.29, 0.717) is 17.0 Å². The molecule has 2 aromatic heterocycles. The van der Waals surface area contributed by atoms with Gasteiger partial charge in [0.05, 0.1) is 5.69 Å². The van der Waals surface area contributed by atoms with Crippen LogP contribution in [0.5, 0.6) is 0 Å². The molecule has 6 heteroatoms. The predicted octanol–water partition coefficient (Wildman–Crippen LogP) is 4.83. The first kappa shape index (κ1) is 22.1. The first-order chi connectivity index (χ1) is 15.3. The van der Waals surface area contributed by atoms with Gasteiger partial charge in [0.1, 0.15) is 5.65 Å². The monoisotopic (exact) mass is 432 g/mol. The molecule has 1 aliphatic rings. The van der Waals surface area contributed by atoms with Crippen molar-refractivity contribution in [2.24, 2.45) is 5.92 Å². The topological polar surface area (TPSA) is 75.5 Å². The van der Waals surface area contributed by atoms with Crippen LogP contribution in [0, 0.1) is 5.92 Å². The van der Waals surface area contributed by atoms with Crippen LogP contribution in [0.1, 0.15) is 85.0 Å². The third-order valence-corrected chi connectivity index (χ3v) is 6.23. The zero-order valence-electron chi connectivity index (χ0n) is 19.1. The number of rotatable bonds is 4. The molecular formula is C26H32N4O2. The van der Waals surface area contributed by atoms with Gasteiger partial charge in [0.15, 0.2) is 0 Å². The molecule has 0 atom stereocenters. The predicted molar refractivity (Wildman–Crippen MR) is 126 cm³/mol. The Labute approximate surface area is 189 Å². The van der Waals surface area contributed by atoms with Crippen LogP contribution in [-0.2, 0) is 11.8 Å². The zero-order valence-corrected chi connectivity index (χ0v) is 19.1. The average Bonchev–Trinajstić information content (AvgIpc) is 3.16. The summed E-state index contributed by atoms with van der Waals surface area (Å²) in [5.74, 6) is -0.0301. The number of nitrogens with zero attached hydrogens (tertiary/aromatic N) is 2. The number of hydrazine groups is 1. The molecule has 6 nitrogen and oxygen atoms in total. The molecule has 4 rings (SSSR count). The van der Waals surface area contributed by atoms with Crippen molar-refractivity contribution in [1.29, 1.82) is 0 Å². The van der Waals surface area contributed by atoms with E-state index in [1.807, 2.05) is 12.3 Å². The van der Waals surface area contributed by atoms with Crippen molar-refractivity contribution >= 4 is 17.5 Å². The standard InChI is InChI=1S/C26H32N4O2/c1-26(2,3)23-21(16-18-10-6-4-7-11-18)30-15-14-20(17-22(30)27-23)25(32)29-28-24(31)19-12-8-5-9-13-19/h5,8-9,12-15,17-18H,4,6-7,10-11,16H2,1-3H3,(H,28,31)(H,29,32). The van der Waals surface area contributed by atoms with E-state index >= 15 is 0 Å². The van der Waals surface area contributed by atoms with Crippen LogP contribution in [0.2, 0.25) is 0 Å². The van der Waals surface area contributed by atoms with E-state index in [1.165, 1.54) is 37.8 Å². The fourth-order valence-corrected chi connectivity index (χ4v) is 4.54. The van der Waals surface area contributed by atoms with Gasteiger partial charge in [-0.3, -0.25) is 20.4 Å². The number of fused-ring (bicyclic) bond motifs is 1. The minimum Gasteiger partial charge on any atom is -0.304 e. The Morgan fingerprint density at radius 1 is 0.969 bits per heavy atom. The second kappa shape index (κ2) is 9.15. The largest absolute Gasteiger partial charge is 0.304 e. The molecule has 2 heterocycles. The quantitative estimate of drug-likeness (QED) is 0.580. The maximum absolute atomic E-state index is 12.7. The third kappa shape index (κ3) is 4.85. The van der Waals surface area contributed by atoms with E-state index in [-0.39, 0.29) is 17.2 Å². The number of hydrogen-bond donors (Lipinski definition) is 2. The molecule has 0 aliphatic heterocycles. The molecule has 3 aromatic rings. The lowest BCUT2D eigenvalue weighted by Gasteiger charge is -2.24. The normalized spacial score (nSPS) is 15.0. The SMILES string of the molecule is CC(C)(C)c1nc2cc(C(=O)NNC(=O)c3ccccc3)ccn2c1CC1CCCCC1. The zero-order chi connectivity index (χ0) is 22.7. The second-order valence-electron chi connectivity index (χ2n) is 9.78. The van der Waals surface area contributed by atoms with Crippen LogP contribution >= 0.6 is 0 Å². The van der Waals surface area contributed by atoms with Gasteiger partial charge in [0.25, 0.3) is 11.8 Å². The van der Waals surface area contributed by atoms with Crippen LogP contribution in [0.4, 0.5) is 0 Å². The minimum atomic E-state index is -0.370. The molecule has 1 aliphatic carbocycles. The molecule has 32 heavy (non-hydrogen) atoms. The molecule has 168 valence electrons. The number of pyridine rings is 1. The number of benzene rings is 1. The highest BCUT2D eigenvalue weighted by Gasteiger charge is 2.26. The van der Waals surface area contributed by atoms with Crippen LogP contribution in [0.25, 0.3) is 5.65 Å². The van der Waals surface area contributed by atoms with Gasteiger partial charge in [-0.2, -0.15) is 0 Å². The van der Waals surface area contributed by atoms with Gasteiger partial charge in [-0.15, -0.1) is 0 Å². The Kier molecular flexibility index (Phi) is 6.31. The number of amides is 2. The Morgan fingerprint density at radius 2 is 1.62 bits per heavy atom. The summed E-state index contributed by atoms with van der Waals surface area (Å²) in [5, 5.41) is 0. The molecule has 1 fully saturated rings. The molecule has 0 saturated heterocycles. The molecule has 1 aromatic carbocycles. The van der Waals surface area contributed by atoms with Crippen molar-refractivity contribution in [2.75, 3.05) is 0 Å². The summed E-state index contributed by atoms with van der Waals surface area (Å²) in [6.07, 6.45) is 9.47. The molecule has 2 amide bonds. The lowest BCUT2D eigenvalue weighted by Crippen LogP contribution is -2.41. The van der Waals surface area contributed by atoms with Crippen molar-refractivity contribution in [2.45, 2.75) is 64.7 Å². The van der Waals surface area contributed by atoms with Gasteiger partial charge in [-0.25, -0.2) is 4.98 Å². The van der Waals surface area contributed by atoms with Crippen LogP contribution < -0.4 is 10.9 Å². The van der Waals surface area contributed by atoms with Crippen LogP contribution in [-0.4, -0.2) is 21.2 Å². The lowest BCUT2D eigenvalue weighted by molar-refractivity contribution is 0.0846. The van der Waals surface area contributed by atoms with Gasteiger partial charge >= 0.3 is 0 Å². The Balaban J connectivity index is 1.55. The van der Waals surface area contributed by atoms with Crippen molar-refractivity contribution in [3.8, 4) is 0 Å². The number of imidazole rings is 1. The second-order valence-corrected chi connectivity index (χ2v) is 9.78. The lowest BCUT2D eigenvalue weighted by atomic mass is 9.83. The molecular weight excluding hydrogens is 400 g/mol. The Bertz CT molecular complexity index is 1110. The molecule has 0 unspecified atom stereocenters. The van der Waals surface area contributed by atoms with Crippen LogP contribution in [0.3, 0.4) is 0 Å². The summed E-state index contributed by atoms with van der Waals surface area (Å²) in [5.41, 5.74) is 8.96. The Hall–Kier alpha value is -3.15. The molecule has 0 bridgehead atoms. The summed E-state index contributed by atoms with van der Waals surface area (Å²) in [6.45, 7) is 6.56. The van der Waals surface area contributed by atoms with Gasteiger partial charge in [-0.05, 0) is 36.6 Å². The number of hydrogen-bond acceptors (Lipinski definition) is 3. The summed E-state index contributed by atoms with van der Waals surface area (Å²) < 4.78 is 2.13. The highest BCUT2D eigenvalue weighted by atomic mass is 16.2. The van der Waals surface area contributed by atoms with Crippen LogP contribution in [0.15, 0.2) is 48.7 Å². The summed E-state index contributed by atoms with van der Waals surface area (Å²) in [4.78, 5) is 29.8. The van der Waals surface area contributed by atoms with Gasteiger partial charge in [0, 0.05) is 28.4 Å². The highest BCUT2D eigenvalue weighted by Crippen LogP contribution is 2.32. The smallest absolute Gasteiger partial charge is 0.269 e. The molecule has 0 spiro atoms. The van der Waals surface area contributed by atoms with E-state index in [4.69, 9.17) is 4.98 Å². The average molecular weight is 433 g/mol. The van der Waals surface area contributed by atoms with E-state index in [0.717, 1.165) is 17.8 Å². The van der Waals surface area contributed by atoms with Gasteiger partial charge in [0.2, 0.25) is 0 Å². The van der Waals surface area contributed by atoms with Gasteiger partial charge in [-0.1, -0.05) is 71.1 Å². The van der Waals surface area contributed by atoms with Crippen molar-refractivity contribution < 1.29 is 9.59 Å². The fourth-order valence-electron chi connectivity index (χ4n) is 4.54. The first-order valence-electron chi connectivity index (χ1n) is 11.5. The van der Waals surface area contributed by atoms with Gasteiger partial charge < -0.3 is 4.40 Å². The van der Waals surface area contributed by atoms with E-state index in [2.05, 4.69) is 36.0 Å². The number of carbonyl (C=O) groups is 2. The highest BCUT2D eigenvalue weighted by molar-refractivity contribution is 5.99. The minimum absolute atomic E-state index is 0.0812.